The van der Waals surface area contributed by atoms with E-state index in [9.17, 15) is 23.9 Å². The number of aryl methyl sites for hydroxylation is 1. The summed E-state index contributed by atoms with van der Waals surface area (Å²) >= 11 is 6.03. The normalized spacial score (nSPS) is 15.3. The van der Waals surface area contributed by atoms with Crippen LogP contribution < -0.4 is 10.6 Å². The lowest BCUT2D eigenvalue weighted by molar-refractivity contribution is -0.142. The average Bonchev–Trinajstić information content (AvgIpc) is 2.94. The number of methoxy groups -OCH3 is 1. The number of piperazine rings is 1. The second-order valence-electron chi connectivity index (χ2n) is 9.42. The van der Waals surface area contributed by atoms with E-state index < -0.39 is 23.9 Å². The lowest BCUT2D eigenvalue weighted by atomic mass is 10.1. The quantitative estimate of drug-likeness (QED) is 0.315. The number of halogens is 2. The molecule has 1 saturated heterocycles. The molecule has 0 saturated carbocycles. The van der Waals surface area contributed by atoms with Gasteiger partial charge in [-0.25, -0.2) is 14.2 Å². The van der Waals surface area contributed by atoms with Crippen molar-refractivity contribution in [1.29, 1.82) is 0 Å². The number of hydrogen-bond donors (Lipinski definition) is 3. The number of rotatable bonds is 9. The predicted molar refractivity (Wildman–Crippen MR) is 150 cm³/mol. The number of amides is 2. The van der Waals surface area contributed by atoms with Gasteiger partial charge >= 0.3 is 12.1 Å². The zero-order valence-electron chi connectivity index (χ0n) is 22.4. The summed E-state index contributed by atoms with van der Waals surface area (Å²) < 4.78 is 19.1. The van der Waals surface area contributed by atoms with Crippen LogP contribution in [0.1, 0.15) is 18.5 Å². The summed E-state index contributed by atoms with van der Waals surface area (Å²) in [6.07, 6.45) is 0.514. The number of ether oxygens (including phenoxy) is 1. The first-order valence-corrected chi connectivity index (χ1v) is 13.1. The van der Waals surface area contributed by atoms with E-state index in [4.69, 9.17) is 11.6 Å². The molecule has 3 heterocycles. The second kappa shape index (κ2) is 13.3. The number of carbonyl (C=O) groups excluding carboxylic acids is 2. The number of nitrogens with zero attached hydrogens (tertiary/aromatic N) is 5. The Balaban J connectivity index is 1.36. The molecule has 3 aromatic rings. The summed E-state index contributed by atoms with van der Waals surface area (Å²) in [6.45, 7) is 3.10. The minimum absolute atomic E-state index is 0.0583. The van der Waals surface area contributed by atoms with Crippen molar-refractivity contribution in [3.05, 3.63) is 59.1 Å². The molecule has 1 aromatic carbocycles. The average molecular weight is 586 g/mol. The van der Waals surface area contributed by atoms with E-state index in [1.165, 1.54) is 36.4 Å². The first-order chi connectivity index (χ1) is 19.6. The van der Waals surface area contributed by atoms with Crippen molar-refractivity contribution in [1.82, 2.24) is 25.0 Å². The Hall–Kier alpha value is -4.36. The highest BCUT2D eigenvalue weighted by molar-refractivity contribution is 6.30. The SMILES string of the molecule is COC(=O)CC1CN(CCC(=O)Nc2cc(Nc3cc(-c4cc(Cl)ccc4F)nnc3C)ccn2)CCN1C(=O)O. The van der Waals surface area contributed by atoms with Gasteiger partial charge in [-0.1, -0.05) is 11.6 Å². The van der Waals surface area contributed by atoms with E-state index in [1.807, 2.05) is 4.90 Å². The number of carboxylic acid groups (broad SMARTS) is 1. The van der Waals surface area contributed by atoms with E-state index >= 15 is 0 Å². The minimum Gasteiger partial charge on any atom is -0.469 e. The molecule has 3 N–H and O–H groups in total. The molecule has 2 amide bonds. The summed E-state index contributed by atoms with van der Waals surface area (Å²) in [4.78, 5) is 43.3. The van der Waals surface area contributed by atoms with E-state index in [0.717, 1.165) is 0 Å². The third-order valence-corrected chi connectivity index (χ3v) is 6.82. The zero-order valence-corrected chi connectivity index (χ0v) is 23.2. The van der Waals surface area contributed by atoms with Crippen LogP contribution in [0.5, 0.6) is 0 Å². The lowest BCUT2D eigenvalue weighted by Crippen LogP contribution is -2.55. The molecule has 0 radical (unpaired) electrons. The largest absolute Gasteiger partial charge is 0.469 e. The molecule has 0 spiro atoms. The van der Waals surface area contributed by atoms with Crippen molar-refractivity contribution >= 4 is 46.8 Å². The topological polar surface area (TPSA) is 150 Å². The maximum Gasteiger partial charge on any atom is 0.407 e. The van der Waals surface area contributed by atoms with Crippen LogP contribution in [-0.2, 0) is 14.3 Å². The molecule has 1 fully saturated rings. The molecular formula is C27H29ClFN7O5. The zero-order chi connectivity index (χ0) is 29.5. The first-order valence-electron chi connectivity index (χ1n) is 12.7. The fourth-order valence-electron chi connectivity index (χ4n) is 4.43. The molecule has 4 rings (SSSR count). The number of carbonyl (C=O) groups is 3. The third kappa shape index (κ3) is 7.86. The number of aromatic nitrogens is 3. The molecule has 0 bridgehead atoms. The molecule has 1 aliphatic heterocycles. The summed E-state index contributed by atoms with van der Waals surface area (Å²) in [5.74, 6) is -0.929. The van der Waals surface area contributed by atoms with Crippen molar-refractivity contribution in [3.63, 3.8) is 0 Å². The Labute approximate surface area is 240 Å². The van der Waals surface area contributed by atoms with Crippen molar-refractivity contribution in [2.45, 2.75) is 25.8 Å². The Kier molecular flexibility index (Phi) is 9.63. The maximum atomic E-state index is 14.4. The van der Waals surface area contributed by atoms with Crippen LogP contribution in [0.25, 0.3) is 11.3 Å². The van der Waals surface area contributed by atoms with E-state index in [-0.39, 0.29) is 30.9 Å². The standard InChI is InChI=1S/C27H29ClFN7O5/c1-16-22(14-23(34-33-16)20-11-17(28)3-4-21(20)29)31-18-5-7-30-24(12-18)32-25(37)6-8-35-9-10-36(27(39)40)19(15-35)13-26(38)41-2/h3-5,7,11-12,14,19H,6,8-10,13,15H2,1-2H3,(H,39,40)(H2,30,31,32,34,37). The van der Waals surface area contributed by atoms with E-state index in [2.05, 4.69) is 30.6 Å². The summed E-state index contributed by atoms with van der Waals surface area (Å²) in [6, 6.07) is 8.66. The van der Waals surface area contributed by atoms with Crippen molar-refractivity contribution in [2.75, 3.05) is 43.9 Å². The van der Waals surface area contributed by atoms with Gasteiger partial charge in [0, 0.05) is 61.1 Å². The number of nitrogens with one attached hydrogen (secondary N) is 2. The van der Waals surface area contributed by atoms with Crippen LogP contribution in [0.3, 0.4) is 0 Å². The number of esters is 1. The van der Waals surface area contributed by atoms with Crippen LogP contribution in [0, 0.1) is 12.7 Å². The molecule has 0 aliphatic carbocycles. The molecule has 14 heteroatoms. The number of hydrogen-bond acceptors (Lipinski definition) is 9. The highest BCUT2D eigenvalue weighted by Crippen LogP contribution is 2.28. The summed E-state index contributed by atoms with van der Waals surface area (Å²) in [7, 11) is 1.26. The van der Waals surface area contributed by atoms with Gasteiger partial charge < -0.3 is 25.4 Å². The molecule has 216 valence electrons. The monoisotopic (exact) mass is 585 g/mol. The smallest absolute Gasteiger partial charge is 0.407 e. The molecule has 1 atom stereocenters. The van der Waals surface area contributed by atoms with Crippen LogP contribution in [0.4, 0.5) is 26.4 Å². The molecule has 41 heavy (non-hydrogen) atoms. The van der Waals surface area contributed by atoms with E-state index in [0.29, 0.717) is 53.2 Å². The second-order valence-corrected chi connectivity index (χ2v) is 9.85. The van der Waals surface area contributed by atoms with Gasteiger partial charge in [-0.3, -0.25) is 14.5 Å². The predicted octanol–water partition coefficient (Wildman–Crippen LogP) is 3.94. The van der Waals surface area contributed by atoms with Gasteiger partial charge in [-0.15, -0.1) is 0 Å². The van der Waals surface area contributed by atoms with Gasteiger partial charge in [0.2, 0.25) is 5.91 Å². The Morgan fingerprint density at radius 3 is 2.73 bits per heavy atom. The highest BCUT2D eigenvalue weighted by Gasteiger charge is 2.32. The fraction of sp³-hybridized carbons (Fsp3) is 0.333. The molecule has 1 aliphatic rings. The molecule has 1 unspecified atom stereocenters. The van der Waals surface area contributed by atoms with Crippen molar-refractivity contribution in [3.8, 4) is 11.3 Å². The van der Waals surface area contributed by atoms with Gasteiger partial charge in [-0.2, -0.15) is 10.2 Å². The minimum atomic E-state index is -1.10. The molecular weight excluding hydrogens is 557 g/mol. The Morgan fingerprint density at radius 1 is 1.17 bits per heavy atom. The Morgan fingerprint density at radius 2 is 1.98 bits per heavy atom. The summed E-state index contributed by atoms with van der Waals surface area (Å²) in [5.41, 5.74) is 2.29. The van der Waals surface area contributed by atoms with E-state index in [1.54, 1.807) is 25.1 Å². The Bertz CT molecular complexity index is 1440. The lowest BCUT2D eigenvalue weighted by Gasteiger charge is -2.39. The number of pyridine rings is 1. The summed E-state index contributed by atoms with van der Waals surface area (Å²) in [5, 5.41) is 24.0. The van der Waals surface area contributed by atoms with Crippen LogP contribution >= 0.6 is 11.6 Å². The van der Waals surface area contributed by atoms with Gasteiger partial charge in [-0.05, 0) is 37.3 Å². The first kappa shape index (κ1) is 29.6. The van der Waals surface area contributed by atoms with Gasteiger partial charge in [0.25, 0.3) is 0 Å². The number of anilines is 3. The van der Waals surface area contributed by atoms with Crippen molar-refractivity contribution in [2.24, 2.45) is 0 Å². The van der Waals surface area contributed by atoms with Crippen molar-refractivity contribution < 1.29 is 28.6 Å². The van der Waals surface area contributed by atoms with Gasteiger partial charge in [0.15, 0.2) is 0 Å². The molecule has 2 aromatic heterocycles. The maximum absolute atomic E-state index is 14.4. The van der Waals surface area contributed by atoms with Crippen LogP contribution in [0.2, 0.25) is 5.02 Å². The molecule has 12 nitrogen and oxygen atoms in total. The fourth-order valence-corrected chi connectivity index (χ4v) is 4.60. The van der Waals surface area contributed by atoms with Crippen LogP contribution in [0.15, 0.2) is 42.6 Å². The van der Waals surface area contributed by atoms with Gasteiger partial charge in [0.1, 0.15) is 11.6 Å². The number of benzene rings is 1. The highest BCUT2D eigenvalue weighted by atomic mass is 35.5. The van der Waals surface area contributed by atoms with Crippen LogP contribution in [-0.4, -0.2) is 87.4 Å². The third-order valence-electron chi connectivity index (χ3n) is 6.59. The van der Waals surface area contributed by atoms with Gasteiger partial charge in [0.05, 0.1) is 36.6 Å².